The first kappa shape index (κ1) is 21.0. The van der Waals surface area contributed by atoms with E-state index in [1.54, 1.807) is 18.2 Å². The molecule has 0 bridgehead atoms. The fourth-order valence-electron chi connectivity index (χ4n) is 4.27. The smallest absolute Gasteiger partial charge is 0.343 e. The first-order valence-electron chi connectivity index (χ1n) is 10.8. The summed E-state index contributed by atoms with van der Waals surface area (Å²) in [6.07, 6.45) is 3.52. The average Bonchev–Trinajstić information content (AvgIpc) is 3.13. The molecule has 0 unspecified atom stereocenters. The SMILES string of the molecule is Cc1cccc(CCC(=O)N2CCC(Cc3n[nH]c(=O)n3-c3ccccc3F)CC2)c1. The van der Waals surface area contributed by atoms with Crippen molar-refractivity contribution in [2.24, 2.45) is 5.92 Å². The summed E-state index contributed by atoms with van der Waals surface area (Å²) in [7, 11) is 0. The summed E-state index contributed by atoms with van der Waals surface area (Å²) in [5, 5.41) is 6.57. The van der Waals surface area contributed by atoms with Crippen LogP contribution in [0.3, 0.4) is 0 Å². The van der Waals surface area contributed by atoms with E-state index in [0.717, 1.165) is 19.3 Å². The Morgan fingerprint density at radius 2 is 1.94 bits per heavy atom. The Labute approximate surface area is 180 Å². The maximum Gasteiger partial charge on any atom is 0.348 e. The van der Waals surface area contributed by atoms with E-state index in [1.165, 1.54) is 21.8 Å². The van der Waals surface area contributed by atoms with Gasteiger partial charge in [0.25, 0.3) is 0 Å². The number of para-hydroxylation sites is 1. The van der Waals surface area contributed by atoms with E-state index in [4.69, 9.17) is 0 Å². The quantitative estimate of drug-likeness (QED) is 0.662. The van der Waals surface area contributed by atoms with E-state index in [1.807, 2.05) is 11.0 Å². The van der Waals surface area contributed by atoms with E-state index in [2.05, 4.69) is 35.3 Å². The topological polar surface area (TPSA) is 71.0 Å². The number of H-pyrrole nitrogens is 1. The van der Waals surface area contributed by atoms with Crippen LogP contribution >= 0.6 is 0 Å². The summed E-state index contributed by atoms with van der Waals surface area (Å²) in [5.74, 6) is 0.546. The minimum atomic E-state index is -0.457. The van der Waals surface area contributed by atoms with E-state index < -0.39 is 11.5 Å². The molecular formula is C24H27FN4O2. The average molecular weight is 423 g/mol. The lowest BCUT2D eigenvalue weighted by Crippen LogP contribution is -2.39. The fraction of sp³-hybridized carbons (Fsp3) is 0.375. The number of nitrogens with one attached hydrogen (secondary N) is 1. The predicted octanol–water partition coefficient (Wildman–Crippen LogP) is 3.42. The number of amides is 1. The number of piperidine rings is 1. The summed E-state index contributed by atoms with van der Waals surface area (Å²) in [6, 6.07) is 14.5. The summed E-state index contributed by atoms with van der Waals surface area (Å²) < 4.78 is 15.5. The van der Waals surface area contributed by atoms with Crippen molar-refractivity contribution in [3.8, 4) is 5.69 Å². The lowest BCUT2D eigenvalue weighted by Gasteiger charge is -2.32. The lowest BCUT2D eigenvalue weighted by atomic mass is 9.93. The van der Waals surface area contributed by atoms with Gasteiger partial charge in [-0.3, -0.25) is 4.79 Å². The Bertz CT molecular complexity index is 1110. The molecule has 0 aliphatic carbocycles. The number of rotatable bonds is 6. The normalized spacial score (nSPS) is 14.7. The second kappa shape index (κ2) is 9.29. The zero-order valence-corrected chi connectivity index (χ0v) is 17.7. The number of aromatic amines is 1. The third-order valence-corrected chi connectivity index (χ3v) is 5.98. The number of aryl methyl sites for hydroxylation is 2. The maximum absolute atomic E-state index is 14.2. The first-order chi connectivity index (χ1) is 15.0. The van der Waals surface area contributed by atoms with Gasteiger partial charge in [-0.2, -0.15) is 5.10 Å². The number of aromatic nitrogens is 3. The van der Waals surface area contributed by atoms with Crippen molar-refractivity contribution in [1.29, 1.82) is 0 Å². The standard InChI is InChI=1S/C24H27FN4O2/c1-17-5-4-6-18(15-17)9-10-23(30)28-13-11-19(12-14-28)16-22-26-27-24(31)29(22)21-8-3-2-7-20(21)25/h2-8,15,19H,9-14,16H2,1H3,(H,27,31). The van der Waals surface area contributed by atoms with Crippen LogP contribution in [0, 0.1) is 18.7 Å². The van der Waals surface area contributed by atoms with Gasteiger partial charge in [-0.05, 0) is 49.8 Å². The first-order valence-corrected chi connectivity index (χ1v) is 10.8. The number of benzene rings is 2. The zero-order valence-electron chi connectivity index (χ0n) is 17.7. The highest BCUT2D eigenvalue weighted by molar-refractivity contribution is 5.76. The van der Waals surface area contributed by atoms with Crippen LogP contribution in [0.2, 0.25) is 0 Å². The zero-order chi connectivity index (χ0) is 21.8. The molecule has 2 heterocycles. The molecule has 1 aliphatic heterocycles. The van der Waals surface area contributed by atoms with Gasteiger partial charge >= 0.3 is 5.69 Å². The Hall–Kier alpha value is -3.22. The summed E-state index contributed by atoms with van der Waals surface area (Å²) >= 11 is 0. The predicted molar refractivity (Wildman–Crippen MR) is 117 cm³/mol. The second-order valence-electron chi connectivity index (χ2n) is 8.25. The van der Waals surface area contributed by atoms with Crippen molar-refractivity contribution in [3.63, 3.8) is 0 Å². The highest BCUT2D eigenvalue weighted by Gasteiger charge is 2.25. The van der Waals surface area contributed by atoms with Gasteiger partial charge in [0, 0.05) is 25.9 Å². The monoisotopic (exact) mass is 422 g/mol. The summed E-state index contributed by atoms with van der Waals surface area (Å²) in [5.41, 5.74) is 2.16. The third-order valence-electron chi connectivity index (χ3n) is 5.98. The van der Waals surface area contributed by atoms with Gasteiger partial charge in [0.2, 0.25) is 5.91 Å². The molecule has 162 valence electrons. The molecule has 1 N–H and O–H groups in total. The molecule has 0 spiro atoms. The number of halogens is 1. The molecule has 1 saturated heterocycles. The van der Waals surface area contributed by atoms with Crippen molar-refractivity contribution >= 4 is 5.91 Å². The van der Waals surface area contributed by atoms with Crippen LogP contribution in [-0.4, -0.2) is 38.7 Å². The number of carbonyl (C=O) groups excluding carboxylic acids is 1. The molecular weight excluding hydrogens is 395 g/mol. The highest BCUT2D eigenvalue weighted by Crippen LogP contribution is 2.23. The Balaban J connectivity index is 1.33. The number of hydrogen-bond donors (Lipinski definition) is 1. The molecule has 0 atom stereocenters. The molecule has 0 saturated carbocycles. The third kappa shape index (κ3) is 4.93. The van der Waals surface area contributed by atoms with Crippen LogP contribution < -0.4 is 5.69 Å². The van der Waals surface area contributed by atoms with Crippen molar-refractivity contribution < 1.29 is 9.18 Å². The van der Waals surface area contributed by atoms with Crippen molar-refractivity contribution in [2.45, 2.75) is 39.0 Å². The van der Waals surface area contributed by atoms with E-state index in [0.29, 0.717) is 37.7 Å². The van der Waals surface area contributed by atoms with Crippen molar-refractivity contribution in [1.82, 2.24) is 19.7 Å². The molecule has 6 nitrogen and oxygen atoms in total. The Morgan fingerprint density at radius 3 is 2.68 bits per heavy atom. The van der Waals surface area contributed by atoms with Gasteiger partial charge in [-0.25, -0.2) is 18.9 Å². The Morgan fingerprint density at radius 1 is 1.16 bits per heavy atom. The largest absolute Gasteiger partial charge is 0.348 e. The number of carbonyl (C=O) groups is 1. The number of likely N-dealkylation sites (tertiary alicyclic amines) is 1. The molecule has 31 heavy (non-hydrogen) atoms. The van der Waals surface area contributed by atoms with E-state index >= 15 is 0 Å². The molecule has 1 fully saturated rings. The molecule has 1 aliphatic rings. The van der Waals surface area contributed by atoms with Gasteiger partial charge in [-0.1, -0.05) is 42.0 Å². The molecule has 0 radical (unpaired) electrons. The minimum Gasteiger partial charge on any atom is -0.343 e. The summed E-state index contributed by atoms with van der Waals surface area (Å²) in [6.45, 7) is 3.46. The number of nitrogens with zero attached hydrogens (tertiary/aromatic N) is 3. The van der Waals surface area contributed by atoms with Crippen LogP contribution in [-0.2, 0) is 17.6 Å². The van der Waals surface area contributed by atoms with Crippen LogP contribution in [0.15, 0.2) is 53.3 Å². The number of hydrogen-bond acceptors (Lipinski definition) is 3. The van der Waals surface area contributed by atoms with E-state index in [-0.39, 0.29) is 11.6 Å². The van der Waals surface area contributed by atoms with Crippen LogP contribution in [0.1, 0.15) is 36.2 Å². The molecule has 2 aromatic carbocycles. The van der Waals surface area contributed by atoms with Crippen LogP contribution in [0.4, 0.5) is 4.39 Å². The van der Waals surface area contributed by atoms with Gasteiger partial charge < -0.3 is 4.90 Å². The van der Waals surface area contributed by atoms with E-state index in [9.17, 15) is 14.0 Å². The highest BCUT2D eigenvalue weighted by atomic mass is 19.1. The van der Waals surface area contributed by atoms with Crippen molar-refractivity contribution in [2.75, 3.05) is 13.1 Å². The second-order valence-corrected chi connectivity index (χ2v) is 8.25. The minimum absolute atomic E-state index is 0.183. The molecule has 7 heteroatoms. The fourth-order valence-corrected chi connectivity index (χ4v) is 4.27. The maximum atomic E-state index is 14.2. The van der Waals surface area contributed by atoms with Gasteiger partial charge in [0.15, 0.2) is 0 Å². The molecule has 3 aromatic rings. The van der Waals surface area contributed by atoms with Gasteiger partial charge in [-0.15, -0.1) is 0 Å². The summed E-state index contributed by atoms with van der Waals surface area (Å²) in [4.78, 5) is 26.8. The van der Waals surface area contributed by atoms with Crippen LogP contribution in [0.25, 0.3) is 5.69 Å². The van der Waals surface area contributed by atoms with Gasteiger partial charge in [0.1, 0.15) is 11.6 Å². The lowest BCUT2D eigenvalue weighted by molar-refractivity contribution is -0.132. The Kier molecular flexibility index (Phi) is 6.30. The molecule has 1 amide bonds. The van der Waals surface area contributed by atoms with Crippen molar-refractivity contribution in [3.05, 3.63) is 81.8 Å². The molecule has 4 rings (SSSR count). The van der Waals surface area contributed by atoms with Crippen LogP contribution in [0.5, 0.6) is 0 Å². The van der Waals surface area contributed by atoms with Gasteiger partial charge in [0.05, 0.1) is 5.69 Å². The molecule has 1 aromatic heterocycles.